The van der Waals surface area contributed by atoms with E-state index in [1.165, 1.54) is 6.07 Å². The van der Waals surface area contributed by atoms with E-state index in [1.807, 2.05) is 13.0 Å². The molecule has 0 aromatic heterocycles. The predicted octanol–water partition coefficient (Wildman–Crippen LogP) is 2.68. The van der Waals surface area contributed by atoms with E-state index >= 15 is 0 Å². The van der Waals surface area contributed by atoms with Crippen LogP contribution in [-0.2, 0) is 4.74 Å². The third-order valence-corrected chi connectivity index (χ3v) is 2.94. The van der Waals surface area contributed by atoms with E-state index in [1.54, 1.807) is 12.1 Å². The fraction of sp³-hybridized carbons (Fsp3) is 0.462. The SMILES string of the molecule is CC1CCC(CNc2ccc(C#N)cc2F)O1. The third-order valence-electron chi connectivity index (χ3n) is 2.94. The first-order chi connectivity index (χ1) is 8.19. The molecule has 2 rings (SSSR count). The summed E-state index contributed by atoms with van der Waals surface area (Å²) < 4.78 is 19.2. The van der Waals surface area contributed by atoms with Crippen molar-refractivity contribution >= 4 is 5.69 Å². The number of halogens is 1. The second-order valence-corrected chi connectivity index (χ2v) is 4.33. The highest BCUT2D eigenvalue weighted by atomic mass is 19.1. The van der Waals surface area contributed by atoms with Gasteiger partial charge in [0.2, 0.25) is 0 Å². The molecular weight excluding hydrogens is 219 g/mol. The molecule has 1 aliphatic heterocycles. The maximum atomic E-state index is 13.5. The molecule has 2 atom stereocenters. The van der Waals surface area contributed by atoms with E-state index in [2.05, 4.69) is 5.32 Å². The van der Waals surface area contributed by atoms with Gasteiger partial charge in [0, 0.05) is 6.54 Å². The van der Waals surface area contributed by atoms with Crippen LogP contribution in [0.5, 0.6) is 0 Å². The Morgan fingerprint density at radius 1 is 1.53 bits per heavy atom. The van der Waals surface area contributed by atoms with Gasteiger partial charge in [0.25, 0.3) is 0 Å². The van der Waals surface area contributed by atoms with Gasteiger partial charge in [0.15, 0.2) is 0 Å². The Morgan fingerprint density at radius 2 is 2.35 bits per heavy atom. The van der Waals surface area contributed by atoms with Crippen LogP contribution in [0.25, 0.3) is 0 Å². The molecular formula is C13H15FN2O. The number of nitrogens with zero attached hydrogens (tertiary/aromatic N) is 1. The Morgan fingerprint density at radius 3 is 2.94 bits per heavy atom. The monoisotopic (exact) mass is 234 g/mol. The van der Waals surface area contributed by atoms with Crippen LogP contribution in [0, 0.1) is 17.1 Å². The molecule has 1 fully saturated rings. The molecule has 1 aliphatic rings. The lowest BCUT2D eigenvalue weighted by atomic mass is 10.2. The molecule has 3 nitrogen and oxygen atoms in total. The van der Waals surface area contributed by atoms with Crippen LogP contribution in [0.4, 0.5) is 10.1 Å². The van der Waals surface area contributed by atoms with E-state index in [0.29, 0.717) is 23.9 Å². The molecule has 0 amide bonds. The van der Waals surface area contributed by atoms with Gasteiger partial charge in [-0.25, -0.2) is 4.39 Å². The minimum Gasteiger partial charge on any atom is -0.380 e. The molecule has 4 heteroatoms. The fourth-order valence-corrected chi connectivity index (χ4v) is 1.99. The second-order valence-electron chi connectivity index (χ2n) is 4.33. The zero-order chi connectivity index (χ0) is 12.3. The first-order valence-corrected chi connectivity index (χ1v) is 5.78. The van der Waals surface area contributed by atoms with Crippen molar-refractivity contribution in [1.29, 1.82) is 5.26 Å². The number of benzene rings is 1. The quantitative estimate of drug-likeness (QED) is 0.874. The first-order valence-electron chi connectivity index (χ1n) is 5.78. The summed E-state index contributed by atoms with van der Waals surface area (Å²) in [5, 5.41) is 11.6. The van der Waals surface area contributed by atoms with Crippen molar-refractivity contribution < 1.29 is 9.13 Å². The van der Waals surface area contributed by atoms with Gasteiger partial charge in [0.05, 0.1) is 29.5 Å². The minimum atomic E-state index is -0.393. The Labute approximate surface area is 100 Å². The molecule has 0 radical (unpaired) electrons. The number of hydrogen-bond donors (Lipinski definition) is 1. The number of nitriles is 1. The molecule has 0 aliphatic carbocycles. The summed E-state index contributed by atoms with van der Waals surface area (Å²) in [7, 11) is 0. The molecule has 1 saturated heterocycles. The minimum absolute atomic E-state index is 0.153. The highest BCUT2D eigenvalue weighted by Gasteiger charge is 2.21. The van der Waals surface area contributed by atoms with Gasteiger partial charge in [-0.05, 0) is 38.0 Å². The number of nitrogens with one attached hydrogen (secondary N) is 1. The van der Waals surface area contributed by atoms with Crippen molar-refractivity contribution in [2.45, 2.75) is 32.0 Å². The predicted molar refractivity (Wildman–Crippen MR) is 63.2 cm³/mol. The lowest BCUT2D eigenvalue weighted by molar-refractivity contribution is 0.0636. The average molecular weight is 234 g/mol. The Hall–Kier alpha value is -1.60. The lowest BCUT2D eigenvalue weighted by Crippen LogP contribution is -2.20. The molecule has 1 aromatic rings. The van der Waals surface area contributed by atoms with Crippen LogP contribution in [0.1, 0.15) is 25.3 Å². The van der Waals surface area contributed by atoms with Crippen molar-refractivity contribution in [3.63, 3.8) is 0 Å². The Bertz CT molecular complexity index is 442. The fourth-order valence-electron chi connectivity index (χ4n) is 1.99. The zero-order valence-electron chi connectivity index (χ0n) is 9.74. The van der Waals surface area contributed by atoms with Crippen LogP contribution >= 0.6 is 0 Å². The first kappa shape index (κ1) is 11.9. The molecule has 0 saturated carbocycles. The smallest absolute Gasteiger partial charge is 0.147 e. The number of rotatable bonds is 3. The summed E-state index contributed by atoms with van der Waals surface area (Å²) in [6, 6.07) is 6.33. The van der Waals surface area contributed by atoms with Crippen molar-refractivity contribution in [2.75, 3.05) is 11.9 Å². The molecule has 17 heavy (non-hydrogen) atoms. The largest absolute Gasteiger partial charge is 0.380 e. The summed E-state index contributed by atoms with van der Waals surface area (Å²) in [5.41, 5.74) is 0.756. The standard InChI is InChI=1S/C13H15FN2O/c1-9-2-4-11(17-9)8-16-13-5-3-10(7-15)6-12(13)14/h3,5-6,9,11,16H,2,4,8H2,1H3. The van der Waals surface area contributed by atoms with Gasteiger partial charge < -0.3 is 10.1 Å². The van der Waals surface area contributed by atoms with Crippen LogP contribution in [0.2, 0.25) is 0 Å². The topological polar surface area (TPSA) is 45.0 Å². The molecule has 1 N–H and O–H groups in total. The molecule has 1 aromatic carbocycles. The number of hydrogen-bond acceptors (Lipinski definition) is 3. The van der Waals surface area contributed by atoms with Gasteiger partial charge >= 0.3 is 0 Å². The summed E-state index contributed by atoms with van der Waals surface area (Å²) >= 11 is 0. The van der Waals surface area contributed by atoms with Crippen LogP contribution in [0.15, 0.2) is 18.2 Å². The van der Waals surface area contributed by atoms with Crippen LogP contribution in [-0.4, -0.2) is 18.8 Å². The average Bonchev–Trinajstić information content (AvgIpc) is 2.73. The van der Waals surface area contributed by atoms with Crippen LogP contribution in [0.3, 0.4) is 0 Å². The van der Waals surface area contributed by atoms with Crippen LogP contribution < -0.4 is 5.32 Å². The molecule has 0 bridgehead atoms. The lowest BCUT2D eigenvalue weighted by Gasteiger charge is -2.13. The Kier molecular flexibility index (Phi) is 3.60. The maximum Gasteiger partial charge on any atom is 0.147 e. The van der Waals surface area contributed by atoms with Crippen molar-refractivity contribution in [2.24, 2.45) is 0 Å². The summed E-state index contributed by atoms with van der Waals surface area (Å²) in [6.45, 7) is 2.65. The second kappa shape index (κ2) is 5.15. The van der Waals surface area contributed by atoms with E-state index in [4.69, 9.17) is 10.00 Å². The summed E-state index contributed by atoms with van der Waals surface area (Å²) in [6.07, 6.45) is 2.52. The molecule has 2 unspecified atom stereocenters. The highest BCUT2D eigenvalue weighted by Crippen LogP contribution is 2.21. The highest BCUT2D eigenvalue weighted by molar-refractivity contribution is 5.48. The van der Waals surface area contributed by atoms with Crippen molar-refractivity contribution in [1.82, 2.24) is 0 Å². The zero-order valence-corrected chi connectivity index (χ0v) is 9.74. The molecule has 90 valence electrons. The van der Waals surface area contributed by atoms with Gasteiger partial charge in [-0.15, -0.1) is 0 Å². The number of anilines is 1. The van der Waals surface area contributed by atoms with Crippen molar-refractivity contribution in [3.8, 4) is 6.07 Å². The third kappa shape index (κ3) is 2.95. The van der Waals surface area contributed by atoms with Gasteiger partial charge in [-0.3, -0.25) is 0 Å². The summed E-state index contributed by atoms with van der Waals surface area (Å²) in [4.78, 5) is 0. The molecule has 0 spiro atoms. The normalized spacial score (nSPS) is 23.4. The maximum absolute atomic E-state index is 13.5. The van der Waals surface area contributed by atoms with E-state index < -0.39 is 5.82 Å². The van der Waals surface area contributed by atoms with Crippen molar-refractivity contribution in [3.05, 3.63) is 29.6 Å². The summed E-state index contributed by atoms with van der Waals surface area (Å²) in [5.74, 6) is -0.393. The van der Waals surface area contributed by atoms with Gasteiger partial charge in [-0.2, -0.15) is 5.26 Å². The molecule has 1 heterocycles. The number of ether oxygens (including phenoxy) is 1. The van der Waals surface area contributed by atoms with E-state index in [9.17, 15) is 4.39 Å². The van der Waals surface area contributed by atoms with Gasteiger partial charge in [-0.1, -0.05) is 0 Å². The van der Waals surface area contributed by atoms with Gasteiger partial charge in [0.1, 0.15) is 5.82 Å². The van der Waals surface area contributed by atoms with E-state index in [-0.39, 0.29) is 6.10 Å². The van der Waals surface area contributed by atoms with E-state index in [0.717, 1.165) is 12.8 Å². The Balaban J connectivity index is 1.93.